The first-order valence-corrected chi connectivity index (χ1v) is 21.6. The Morgan fingerprint density at radius 2 is 1.65 bits per heavy atom. The molecule has 2 aliphatic carbocycles. The van der Waals surface area contributed by atoms with Crippen molar-refractivity contribution in [2.45, 2.75) is 161 Å². The number of rotatable bonds is 12. The molecule has 11 heteroatoms. The number of aliphatic hydroxyl groups is 2. The van der Waals surface area contributed by atoms with E-state index >= 15 is 0 Å². The van der Waals surface area contributed by atoms with Crippen molar-refractivity contribution in [3.63, 3.8) is 0 Å². The van der Waals surface area contributed by atoms with Crippen molar-refractivity contribution in [1.82, 2.24) is 0 Å². The standard InChI is InChI=1S/C40H62O10Si/c1-11-31(43)47-40-24-45-30(40)22-29(50-51(12-2,13-3)14-4)39(10)34(40)28(46-36(44)26-18-16-15-17-19-26)23-37(6,7)32(25(5)27(42)20-21-41)33-35(39)49-38(8,9)48-33/h15-19,27-30,33-35,41-42H,11-14,20-24H2,1-10H3/b32-25-/t27?,28?,29?,30?,33?,34?,35?,39-,40?/m1/s1. The van der Waals surface area contributed by atoms with Crippen molar-refractivity contribution < 1.29 is 47.9 Å². The quantitative estimate of drug-likeness (QED) is 0.136. The average Bonchev–Trinajstić information content (AvgIpc) is 3.41. The van der Waals surface area contributed by atoms with Crippen LogP contribution in [0.25, 0.3) is 0 Å². The van der Waals surface area contributed by atoms with Crippen LogP contribution in [0.1, 0.15) is 105 Å². The summed E-state index contributed by atoms with van der Waals surface area (Å²) in [5.74, 6) is -2.44. The third kappa shape index (κ3) is 7.13. The van der Waals surface area contributed by atoms with E-state index in [9.17, 15) is 19.8 Å². The van der Waals surface area contributed by atoms with Gasteiger partial charge in [0.25, 0.3) is 0 Å². The minimum atomic E-state index is -2.28. The summed E-state index contributed by atoms with van der Waals surface area (Å²) in [5.41, 5.74) is -0.783. The van der Waals surface area contributed by atoms with E-state index in [1.807, 2.05) is 26.8 Å². The van der Waals surface area contributed by atoms with E-state index in [4.69, 9.17) is 28.1 Å². The van der Waals surface area contributed by atoms with E-state index in [0.29, 0.717) is 24.0 Å². The highest BCUT2D eigenvalue weighted by Crippen LogP contribution is 2.64. The molecule has 2 heterocycles. The van der Waals surface area contributed by atoms with Crippen LogP contribution >= 0.6 is 0 Å². The van der Waals surface area contributed by atoms with Crippen molar-refractivity contribution in [2.24, 2.45) is 16.7 Å². The molecule has 2 aliphatic heterocycles. The zero-order valence-electron chi connectivity index (χ0n) is 32.5. The molecule has 9 atom stereocenters. The van der Waals surface area contributed by atoms with E-state index in [-0.39, 0.29) is 32.0 Å². The Balaban J connectivity index is 1.82. The third-order valence-corrected chi connectivity index (χ3v) is 17.3. The van der Waals surface area contributed by atoms with Gasteiger partial charge in [-0.05, 0) is 74.0 Å². The number of aliphatic hydroxyl groups excluding tert-OH is 2. The van der Waals surface area contributed by atoms with Crippen LogP contribution in [0.15, 0.2) is 41.5 Å². The van der Waals surface area contributed by atoms with E-state index in [2.05, 4.69) is 41.5 Å². The van der Waals surface area contributed by atoms with Gasteiger partial charge >= 0.3 is 11.9 Å². The van der Waals surface area contributed by atoms with Gasteiger partial charge in [0.15, 0.2) is 19.7 Å². The number of benzene rings is 1. The van der Waals surface area contributed by atoms with Crippen molar-refractivity contribution in [3.8, 4) is 0 Å². The van der Waals surface area contributed by atoms with Crippen molar-refractivity contribution in [3.05, 3.63) is 47.0 Å². The van der Waals surface area contributed by atoms with Gasteiger partial charge in [0.2, 0.25) is 0 Å². The van der Waals surface area contributed by atoms with Crippen LogP contribution in [-0.2, 0) is 32.9 Å². The van der Waals surface area contributed by atoms with Crippen LogP contribution in [0.4, 0.5) is 0 Å². The SMILES string of the molecule is CCC(=O)OC12COC1CC(O[Si](CC)(CC)CC)[C@@]1(C)C3OC(C)(C)OC3/C(=C(\C)C(O)CCO)C(C)(C)CC(OC(=O)c3ccccc3)C21. The molecule has 4 fully saturated rings. The van der Waals surface area contributed by atoms with E-state index in [1.165, 1.54) is 0 Å². The Morgan fingerprint density at radius 3 is 2.20 bits per heavy atom. The fourth-order valence-electron chi connectivity index (χ4n) is 9.80. The van der Waals surface area contributed by atoms with Crippen molar-refractivity contribution in [2.75, 3.05) is 13.2 Å². The van der Waals surface area contributed by atoms with Gasteiger partial charge in [0, 0.05) is 31.3 Å². The van der Waals surface area contributed by atoms with Crippen LogP contribution in [-0.4, -0.2) is 91.7 Å². The second kappa shape index (κ2) is 15.0. The molecule has 1 aromatic rings. The normalized spacial score (nSPS) is 35.5. The third-order valence-electron chi connectivity index (χ3n) is 12.7. The maximum absolute atomic E-state index is 14.2. The number of ether oxygens (including phenoxy) is 5. The number of hydrogen-bond acceptors (Lipinski definition) is 10. The topological polar surface area (TPSA) is 130 Å². The summed E-state index contributed by atoms with van der Waals surface area (Å²) < 4.78 is 41.1. The lowest BCUT2D eigenvalue weighted by atomic mass is 9.48. The zero-order valence-corrected chi connectivity index (χ0v) is 33.5. The van der Waals surface area contributed by atoms with Gasteiger partial charge < -0.3 is 38.3 Å². The van der Waals surface area contributed by atoms with Gasteiger partial charge in [-0.25, -0.2) is 4.79 Å². The molecule has 0 amide bonds. The van der Waals surface area contributed by atoms with Crippen LogP contribution < -0.4 is 0 Å². The minimum absolute atomic E-state index is 0.159. The highest BCUT2D eigenvalue weighted by molar-refractivity contribution is 6.73. The second-order valence-electron chi connectivity index (χ2n) is 16.5. The van der Waals surface area contributed by atoms with Gasteiger partial charge in [-0.1, -0.05) is 66.7 Å². The first-order chi connectivity index (χ1) is 24.0. The Hall–Kier alpha value is -2.12. The molecule has 0 spiro atoms. The summed E-state index contributed by atoms with van der Waals surface area (Å²) in [6.45, 7) is 20.4. The van der Waals surface area contributed by atoms with Crippen molar-refractivity contribution >= 4 is 20.3 Å². The molecule has 0 aromatic heterocycles. The molecular formula is C40H62O10Si. The second-order valence-corrected chi connectivity index (χ2v) is 21.2. The maximum atomic E-state index is 14.2. The molecule has 8 unspecified atom stereocenters. The number of carbonyl (C=O) groups is 2. The Morgan fingerprint density at radius 1 is 1.00 bits per heavy atom. The summed E-state index contributed by atoms with van der Waals surface area (Å²) >= 11 is 0. The molecule has 2 N–H and O–H groups in total. The van der Waals surface area contributed by atoms with Gasteiger partial charge in [0.05, 0.1) is 36.4 Å². The first-order valence-electron chi connectivity index (χ1n) is 19.1. The molecule has 2 saturated heterocycles. The number of hydrogen-bond donors (Lipinski definition) is 2. The highest BCUT2D eigenvalue weighted by Gasteiger charge is 2.76. The average molecular weight is 731 g/mol. The van der Waals surface area contributed by atoms with Crippen molar-refractivity contribution in [1.29, 1.82) is 0 Å². The number of fused-ring (bicyclic) bond motifs is 5. The summed E-state index contributed by atoms with van der Waals surface area (Å²) in [5, 5.41) is 21.3. The van der Waals surface area contributed by atoms with Gasteiger partial charge in [-0.3, -0.25) is 4.79 Å². The molecule has 0 bridgehead atoms. The molecule has 2 saturated carbocycles. The zero-order chi connectivity index (χ0) is 37.6. The highest BCUT2D eigenvalue weighted by atomic mass is 28.4. The van der Waals surface area contributed by atoms with Gasteiger partial charge in [-0.15, -0.1) is 0 Å². The van der Waals surface area contributed by atoms with Gasteiger partial charge in [0.1, 0.15) is 18.3 Å². The van der Waals surface area contributed by atoms with E-state index < -0.39 is 79.0 Å². The largest absolute Gasteiger partial charge is 0.458 e. The van der Waals surface area contributed by atoms with Crippen LogP contribution in [0.5, 0.6) is 0 Å². The fourth-order valence-corrected chi connectivity index (χ4v) is 12.8. The minimum Gasteiger partial charge on any atom is -0.458 e. The molecule has 4 aliphatic rings. The lowest BCUT2D eigenvalue weighted by Gasteiger charge is -2.67. The lowest BCUT2D eigenvalue weighted by Crippen LogP contribution is -2.79. The Bertz CT molecular complexity index is 1430. The summed E-state index contributed by atoms with van der Waals surface area (Å²) in [4.78, 5) is 27.6. The number of esters is 2. The van der Waals surface area contributed by atoms with Crippen LogP contribution in [0, 0.1) is 16.7 Å². The first kappa shape index (κ1) is 40.1. The number of carbonyl (C=O) groups excluding carboxylic acids is 2. The summed E-state index contributed by atoms with van der Waals surface area (Å²) in [6.07, 6.45) is -2.71. The van der Waals surface area contributed by atoms with E-state index in [1.54, 1.807) is 31.2 Å². The fraction of sp³-hybridized carbons (Fsp3) is 0.750. The summed E-state index contributed by atoms with van der Waals surface area (Å²) in [6, 6.07) is 11.7. The monoisotopic (exact) mass is 730 g/mol. The molecule has 1 aromatic carbocycles. The molecule has 286 valence electrons. The molecule has 5 rings (SSSR count). The van der Waals surface area contributed by atoms with Crippen LogP contribution in [0.3, 0.4) is 0 Å². The van der Waals surface area contributed by atoms with E-state index in [0.717, 1.165) is 23.7 Å². The molecular weight excluding hydrogens is 669 g/mol. The smallest absolute Gasteiger partial charge is 0.338 e. The summed E-state index contributed by atoms with van der Waals surface area (Å²) in [7, 11) is -2.28. The predicted octanol–water partition coefficient (Wildman–Crippen LogP) is 6.73. The van der Waals surface area contributed by atoms with Gasteiger partial charge in [-0.2, -0.15) is 0 Å². The maximum Gasteiger partial charge on any atom is 0.338 e. The Labute approximate surface area is 305 Å². The lowest BCUT2D eigenvalue weighted by molar-refractivity contribution is -0.347. The predicted molar refractivity (Wildman–Crippen MR) is 195 cm³/mol. The Kier molecular flexibility index (Phi) is 11.7. The molecule has 10 nitrogen and oxygen atoms in total. The molecule has 0 radical (unpaired) electrons. The molecule has 51 heavy (non-hydrogen) atoms. The van der Waals surface area contributed by atoms with Crippen LogP contribution in [0.2, 0.25) is 18.1 Å².